The molecule has 2 aromatic rings. The van der Waals surface area contributed by atoms with Crippen LogP contribution in [0.25, 0.3) is 0 Å². The fourth-order valence-electron chi connectivity index (χ4n) is 5.63. The SMILES string of the molecule is COC(=O)Nc1ccc(C(=O)N[C@@H](CC(=O)N2CCCCC2)C(=O)N2CC[C@@]3(C2)OC(=O)Nc2ccc(Cl)cc23)cc1. The van der Waals surface area contributed by atoms with Crippen LogP contribution in [0, 0.1) is 0 Å². The lowest BCUT2D eigenvalue weighted by Crippen LogP contribution is -2.52. The summed E-state index contributed by atoms with van der Waals surface area (Å²) in [6.45, 7) is 1.51. The van der Waals surface area contributed by atoms with Gasteiger partial charge in [-0.15, -0.1) is 0 Å². The van der Waals surface area contributed by atoms with E-state index in [-0.39, 0.29) is 31.0 Å². The minimum atomic E-state index is -1.15. The van der Waals surface area contributed by atoms with Gasteiger partial charge < -0.3 is 24.6 Å². The predicted octanol–water partition coefficient (Wildman–Crippen LogP) is 3.71. The number of carbonyl (C=O) groups excluding carboxylic acids is 5. The monoisotopic (exact) mass is 597 g/mol. The quantitative estimate of drug-likeness (QED) is 0.460. The van der Waals surface area contributed by atoms with Crippen LogP contribution in [-0.4, -0.2) is 79.0 Å². The number of nitrogens with zero attached hydrogens (tertiary/aromatic N) is 2. The van der Waals surface area contributed by atoms with Gasteiger partial charge in [-0.3, -0.25) is 25.0 Å². The van der Waals surface area contributed by atoms with Crippen molar-refractivity contribution in [3.8, 4) is 0 Å². The molecule has 5 amide bonds. The minimum absolute atomic E-state index is 0.0464. The van der Waals surface area contributed by atoms with E-state index in [4.69, 9.17) is 16.3 Å². The van der Waals surface area contributed by atoms with Gasteiger partial charge in [0.05, 0.1) is 25.8 Å². The molecule has 2 saturated heterocycles. The van der Waals surface area contributed by atoms with E-state index >= 15 is 0 Å². The van der Waals surface area contributed by atoms with Gasteiger partial charge in [-0.05, 0) is 61.7 Å². The number of hydrogen-bond acceptors (Lipinski definition) is 7. The van der Waals surface area contributed by atoms with E-state index in [1.807, 2.05) is 0 Å². The Hall–Kier alpha value is -4.32. The summed E-state index contributed by atoms with van der Waals surface area (Å²) in [6.07, 6.45) is 1.65. The zero-order valence-electron chi connectivity index (χ0n) is 23.1. The lowest BCUT2D eigenvalue weighted by Gasteiger charge is -2.36. The van der Waals surface area contributed by atoms with Crippen molar-refractivity contribution in [1.29, 1.82) is 0 Å². The zero-order valence-corrected chi connectivity index (χ0v) is 23.9. The van der Waals surface area contributed by atoms with Crippen molar-refractivity contribution in [3.05, 3.63) is 58.6 Å². The summed E-state index contributed by atoms with van der Waals surface area (Å²) < 4.78 is 10.3. The number of ether oxygens (including phenoxy) is 2. The van der Waals surface area contributed by atoms with Crippen molar-refractivity contribution in [1.82, 2.24) is 15.1 Å². The maximum absolute atomic E-state index is 13.9. The fourth-order valence-corrected chi connectivity index (χ4v) is 5.80. The minimum Gasteiger partial charge on any atom is -0.453 e. The van der Waals surface area contributed by atoms with Crippen LogP contribution in [0.4, 0.5) is 21.0 Å². The number of nitrogens with one attached hydrogen (secondary N) is 3. The number of benzene rings is 2. The molecule has 3 N–H and O–H groups in total. The van der Waals surface area contributed by atoms with Crippen molar-refractivity contribution < 1.29 is 33.4 Å². The molecule has 3 heterocycles. The van der Waals surface area contributed by atoms with Crippen LogP contribution in [-0.2, 0) is 24.7 Å². The second-order valence-corrected chi connectivity index (χ2v) is 11.0. The summed E-state index contributed by atoms with van der Waals surface area (Å²) in [5.41, 5.74) is 0.773. The number of carbonyl (C=O) groups is 5. The number of hydrogen-bond donors (Lipinski definition) is 3. The van der Waals surface area contributed by atoms with Crippen LogP contribution in [0.15, 0.2) is 42.5 Å². The van der Waals surface area contributed by atoms with Gasteiger partial charge >= 0.3 is 12.2 Å². The third-order valence-electron chi connectivity index (χ3n) is 7.81. The molecule has 42 heavy (non-hydrogen) atoms. The normalized spacial score (nSPS) is 20.2. The Morgan fingerprint density at radius 1 is 1.05 bits per heavy atom. The van der Waals surface area contributed by atoms with Crippen LogP contribution in [0.5, 0.6) is 0 Å². The number of amides is 5. The number of rotatable bonds is 6. The molecule has 1 spiro atoms. The first-order chi connectivity index (χ1) is 20.2. The topological polar surface area (TPSA) is 146 Å². The third-order valence-corrected chi connectivity index (χ3v) is 8.05. The predicted molar refractivity (Wildman–Crippen MR) is 153 cm³/mol. The number of anilines is 2. The highest BCUT2D eigenvalue weighted by molar-refractivity contribution is 6.30. The summed E-state index contributed by atoms with van der Waals surface area (Å²) >= 11 is 6.25. The Kier molecular flexibility index (Phi) is 8.53. The molecule has 0 bridgehead atoms. The molecule has 12 nitrogen and oxygen atoms in total. The smallest absolute Gasteiger partial charge is 0.412 e. The van der Waals surface area contributed by atoms with Gasteiger partial charge in [0, 0.05) is 47.9 Å². The van der Waals surface area contributed by atoms with Crippen LogP contribution < -0.4 is 16.0 Å². The molecular weight excluding hydrogens is 566 g/mol. The molecule has 2 atom stereocenters. The Bertz CT molecular complexity index is 1400. The van der Waals surface area contributed by atoms with Crippen molar-refractivity contribution in [2.75, 3.05) is 43.9 Å². The molecule has 0 unspecified atom stereocenters. The van der Waals surface area contributed by atoms with E-state index in [9.17, 15) is 24.0 Å². The average Bonchev–Trinajstić information content (AvgIpc) is 3.41. The summed E-state index contributed by atoms with van der Waals surface area (Å²) in [5.74, 6) is -1.22. The Balaban J connectivity index is 1.35. The lowest BCUT2D eigenvalue weighted by molar-refractivity contribution is -0.139. The second kappa shape index (κ2) is 12.3. The molecule has 222 valence electrons. The van der Waals surface area contributed by atoms with Crippen LogP contribution >= 0.6 is 11.6 Å². The molecular formula is C29H32ClN5O7. The van der Waals surface area contributed by atoms with Crippen LogP contribution in [0.2, 0.25) is 5.02 Å². The number of fused-ring (bicyclic) bond motifs is 2. The van der Waals surface area contributed by atoms with Crippen molar-refractivity contribution in [2.45, 2.75) is 43.7 Å². The first-order valence-corrected chi connectivity index (χ1v) is 14.2. The molecule has 0 saturated carbocycles. The highest BCUT2D eigenvalue weighted by Crippen LogP contribution is 2.44. The first-order valence-electron chi connectivity index (χ1n) is 13.8. The highest BCUT2D eigenvalue weighted by atomic mass is 35.5. The second-order valence-electron chi connectivity index (χ2n) is 10.6. The van der Waals surface area contributed by atoms with Crippen LogP contribution in [0.1, 0.15) is 48.0 Å². The van der Waals surface area contributed by atoms with Crippen molar-refractivity contribution in [3.63, 3.8) is 0 Å². The van der Waals surface area contributed by atoms with E-state index < -0.39 is 35.6 Å². The average molecular weight is 598 g/mol. The summed E-state index contributed by atoms with van der Waals surface area (Å²) in [6, 6.07) is 9.96. The van der Waals surface area contributed by atoms with Gasteiger partial charge in [-0.1, -0.05) is 11.6 Å². The molecule has 2 fully saturated rings. The van der Waals surface area contributed by atoms with E-state index in [2.05, 4.69) is 20.7 Å². The highest BCUT2D eigenvalue weighted by Gasteiger charge is 2.49. The van der Waals surface area contributed by atoms with Gasteiger partial charge in [0.15, 0.2) is 5.60 Å². The Morgan fingerprint density at radius 2 is 1.79 bits per heavy atom. The third kappa shape index (κ3) is 6.28. The lowest BCUT2D eigenvalue weighted by atomic mass is 9.90. The number of likely N-dealkylation sites (tertiary alicyclic amines) is 2. The first kappa shape index (κ1) is 29.2. The zero-order chi connectivity index (χ0) is 29.9. The summed E-state index contributed by atoms with van der Waals surface area (Å²) in [5, 5.41) is 8.38. The Labute approximate surface area is 247 Å². The molecule has 0 aromatic heterocycles. The molecule has 3 aliphatic heterocycles. The van der Waals surface area contributed by atoms with E-state index in [0.29, 0.717) is 41.5 Å². The molecule has 2 aromatic carbocycles. The molecule has 13 heteroatoms. The number of piperidine rings is 1. The standard InChI is InChI=1S/C29H32ClN5O7/c1-41-27(39)31-20-8-5-18(6-9-20)25(37)32-23(16-24(36)34-12-3-2-4-13-34)26(38)35-14-11-29(17-35)21-15-19(30)7-10-22(21)33-28(40)42-29/h5-10,15,23H,2-4,11-14,16-17H2,1H3,(H,31,39)(H,32,37)(H,33,40)/t23-,29-/m0/s1. The largest absolute Gasteiger partial charge is 0.453 e. The molecule has 5 rings (SSSR count). The molecule has 3 aliphatic rings. The maximum Gasteiger partial charge on any atom is 0.412 e. The number of methoxy groups -OCH3 is 1. The molecule has 0 radical (unpaired) electrons. The Morgan fingerprint density at radius 3 is 2.50 bits per heavy atom. The van der Waals surface area contributed by atoms with Crippen molar-refractivity contribution in [2.24, 2.45) is 0 Å². The van der Waals surface area contributed by atoms with E-state index in [0.717, 1.165) is 19.3 Å². The maximum atomic E-state index is 13.9. The fraction of sp³-hybridized carbons (Fsp3) is 0.414. The summed E-state index contributed by atoms with van der Waals surface area (Å²) in [7, 11) is 1.24. The van der Waals surface area contributed by atoms with Crippen LogP contribution in [0.3, 0.4) is 0 Å². The van der Waals surface area contributed by atoms with Gasteiger partial charge in [0.1, 0.15) is 6.04 Å². The molecule has 0 aliphatic carbocycles. The van der Waals surface area contributed by atoms with Gasteiger partial charge in [-0.25, -0.2) is 9.59 Å². The van der Waals surface area contributed by atoms with Crippen molar-refractivity contribution >= 4 is 52.9 Å². The van der Waals surface area contributed by atoms with E-state index in [1.54, 1.807) is 23.1 Å². The van der Waals surface area contributed by atoms with Gasteiger partial charge in [0.25, 0.3) is 5.91 Å². The van der Waals surface area contributed by atoms with E-state index in [1.165, 1.54) is 36.3 Å². The van der Waals surface area contributed by atoms with Gasteiger partial charge in [0.2, 0.25) is 11.8 Å². The number of halogens is 1. The van der Waals surface area contributed by atoms with Gasteiger partial charge in [-0.2, -0.15) is 0 Å². The summed E-state index contributed by atoms with van der Waals surface area (Å²) in [4.78, 5) is 67.5.